The first kappa shape index (κ1) is 45.9. The van der Waals surface area contributed by atoms with Crippen molar-refractivity contribution in [1.29, 1.82) is 0 Å². The first-order valence-corrected chi connectivity index (χ1v) is 20.6. The van der Waals surface area contributed by atoms with E-state index in [4.69, 9.17) is 9.84 Å². The second-order valence-corrected chi connectivity index (χ2v) is 13.8. The second kappa shape index (κ2) is 39.3. The third-order valence-corrected chi connectivity index (χ3v) is 9.05. The number of carbonyl (C=O) groups is 2. The Bertz CT molecular complexity index is 809. The standard InChI is InChI=1S/C44H78O4/c1-3-5-7-8-9-10-11-12-13-14-18-21-24-27-30-33-37-41-44(47)48-42(38-34-6-4-2)39-35-31-28-25-22-19-16-15-17-20-23-26-29-32-36-40-43(45)46/h9-10,12-13,18,21,27,30,42H,3-8,11,14-17,19-20,22-26,28-29,31-41H2,1-2H3,(H,45,46)/b10-9-,13-12-,21-18-,30-27-. The van der Waals surface area contributed by atoms with E-state index in [1.54, 1.807) is 0 Å². The maximum atomic E-state index is 12.6. The Morgan fingerprint density at radius 2 is 0.833 bits per heavy atom. The maximum Gasteiger partial charge on any atom is 0.306 e. The number of unbranched alkanes of at least 4 members (excludes halogenated alkanes) is 20. The molecule has 48 heavy (non-hydrogen) atoms. The molecule has 278 valence electrons. The summed E-state index contributed by atoms with van der Waals surface area (Å²) in [6, 6.07) is 0. The van der Waals surface area contributed by atoms with Crippen molar-refractivity contribution in [1.82, 2.24) is 0 Å². The molecule has 0 radical (unpaired) electrons. The summed E-state index contributed by atoms with van der Waals surface area (Å²) in [6.07, 6.45) is 53.2. The van der Waals surface area contributed by atoms with Crippen molar-refractivity contribution in [2.75, 3.05) is 0 Å². The molecule has 0 bridgehead atoms. The lowest BCUT2D eigenvalue weighted by Crippen LogP contribution is -2.18. The molecule has 0 amide bonds. The molecule has 0 heterocycles. The lowest BCUT2D eigenvalue weighted by Gasteiger charge is -2.18. The summed E-state index contributed by atoms with van der Waals surface area (Å²) in [6.45, 7) is 4.48. The Labute approximate surface area is 298 Å². The number of aliphatic carboxylic acids is 1. The zero-order valence-corrected chi connectivity index (χ0v) is 31.8. The molecule has 4 heteroatoms. The fraction of sp³-hybridized carbons (Fsp3) is 0.773. The van der Waals surface area contributed by atoms with Crippen LogP contribution in [-0.4, -0.2) is 23.1 Å². The molecule has 0 fully saturated rings. The number of hydrogen-bond acceptors (Lipinski definition) is 3. The molecule has 0 saturated heterocycles. The molecule has 1 atom stereocenters. The molecule has 0 aromatic rings. The second-order valence-electron chi connectivity index (χ2n) is 13.8. The van der Waals surface area contributed by atoms with Gasteiger partial charge in [0.25, 0.3) is 0 Å². The molecular formula is C44H78O4. The average molecular weight is 671 g/mol. The molecule has 1 unspecified atom stereocenters. The number of ether oxygens (including phenoxy) is 1. The van der Waals surface area contributed by atoms with Crippen molar-refractivity contribution in [3.63, 3.8) is 0 Å². The van der Waals surface area contributed by atoms with Crippen LogP contribution in [0.2, 0.25) is 0 Å². The molecule has 0 aromatic heterocycles. The number of carbonyl (C=O) groups excluding carboxylic acids is 1. The minimum absolute atomic E-state index is 0.0110. The monoisotopic (exact) mass is 671 g/mol. The van der Waals surface area contributed by atoms with E-state index in [0.29, 0.717) is 12.8 Å². The SMILES string of the molecule is CCCCC/C=C\C/C=C\C/C=C\C/C=C\CCCC(=O)OC(CCCCC)CCCCCCCCCCCCCCCCCC(=O)O. The Morgan fingerprint density at radius 3 is 1.29 bits per heavy atom. The van der Waals surface area contributed by atoms with Crippen LogP contribution >= 0.6 is 0 Å². The van der Waals surface area contributed by atoms with Crippen molar-refractivity contribution < 1.29 is 19.4 Å². The molecule has 0 aliphatic heterocycles. The van der Waals surface area contributed by atoms with Crippen LogP contribution in [-0.2, 0) is 14.3 Å². The van der Waals surface area contributed by atoms with E-state index in [-0.39, 0.29) is 12.1 Å². The van der Waals surface area contributed by atoms with Crippen molar-refractivity contribution in [2.45, 2.75) is 219 Å². The van der Waals surface area contributed by atoms with E-state index in [1.807, 2.05) is 0 Å². The van der Waals surface area contributed by atoms with Gasteiger partial charge in [0.15, 0.2) is 0 Å². The fourth-order valence-corrected chi connectivity index (χ4v) is 6.00. The van der Waals surface area contributed by atoms with E-state index >= 15 is 0 Å². The van der Waals surface area contributed by atoms with E-state index in [2.05, 4.69) is 62.5 Å². The highest BCUT2D eigenvalue weighted by atomic mass is 16.5. The molecular weight excluding hydrogens is 592 g/mol. The van der Waals surface area contributed by atoms with Gasteiger partial charge < -0.3 is 9.84 Å². The van der Waals surface area contributed by atoms with Gasteiger partial charge in [0.1, 0.15) is 6.10 Å². The lowest BCUT2D eigenvalue weighted by molar-refractivity contribution is -0.150. The summed E-state index contributed by atoms with van der Waals surface area (Å²) >= 11 is 0. The molecule has 0 spiro atoms. The summed E-state index contributed by atoms with van der Waals surface area (Å²) in [5.74, 6) is -0.678. The highest BCUT2D eigenvalue weighted by molar-refractivity contribution is 5.69. The number of carboxylic acid groups (broad SMARTS) is 1. The van der Waals surface area contributed by atoms with E-state index < -0.39 is 5.97 Å². The Hall–Kier alpha value is -2.10. The highest BCUT2D eigenvalue weighted by Crippen LogP contribution is 2.18. The van der Waals surface area contributed by atoms with E-state index in [9.17, 15) is 9.59 Å². The van der Waals surface area contributed by atoms with Gasteiger partial charge in [-0.05, 0) is 77.0 Å². The summed E-state index contributed by atoms with van der Waals surface area (Å²) < 4.78 is 5.95. The average Bonchev–Trinajstić information content (AvgIpc) is 3.07. The Morgan fingerprint density at radius 1 is 0.458 bits per heavy atom. The zero-order valence-electron chi connectivity index (χ0n) is 31.8. The van der Waals surface area contributed by atoms with Crippen LogP contribution in [0.1, 0.15) is 213 Å². The first-order chi connectivity index (χ1) is 23.6. The molecule has 0 aliphatic rings. The van der Waals surface area contributed by atoms with Crippen LogP contribution in [0.15, 0.2) is 48.6 Å². The van der Waals surface area contributed by atoms with E-state index in [0.717, 1.165) is 64.2 Å². The van der Waals surface area contributed by atoms with Crippen molar-refractivity contribution in [2.24, 2.45) is 0 Å². The quantitative estimate of drug-likeness (QED) is 0.0406. The number of carboxylic acids is 1. The van der Waals surface area contributed by atoms with Gasteiger partial charge in [-0.1, -0.05) is 172 Å². The van der Waals surface area contributed by atoms with Gasteiger partial charge in [0.2, 0.25) is 0 Å². The van der Waals surface area contributed by atoms with Gasteiger partial charge in [-0.2, -0.15) is 0 Å². The van der Waals surface area contributed by atoms with Crippen molar-refractivity contribution in [3.05, 3.63) is 48.6 Å². The highest BCUT2D eigenvalue weighted by Gasteiger charge is 2.14. The predicted octanol–water partition coefficient (Wildman–Crippen LogP) is 14.3. The summed E-state index contributed by atoms with van der Waals surface area (Å²) in [7, 11) is 0. The van der Waals surface area contributed by atoms with Crippen molar-refractivity contribution >= 4 is 11.9 Å². The van der Waals surface area contributed by atoms with Crippen LogP contribution in [0.25, 0.3) is 0 Å². The summed E-state index contributed by atoms with van der Waals surface area (Å²) in [5, 5.41) is 8.67. The van der Waals surface area contributed by atoms with Crippen LogP contribution in [0, 0.1) is 0 Å². The predicted molar refractivity (Wildman–Crippen MR) is 209 cm³/mol. The van der Waals surface area contributed by atoms with Gasteiger partial charge in [-0.3, -0.25) is 9.59 Å². The molecule has 4 nitrogen and oxygen atoms in total. The number of rotatable bonds is 37. The van der Waals surface area contributed by atoms with Gasteiger partial charge >= 0.3 is 11.9 Å². The smallest absolute Gasteiger partial charge is 0.306 e. The van der Waals surface area contributed by atoms with Crippen LogP contribution in [0.3, 0.4) is 0 Å². The van der Waals surface area contributed by atoms with Crippen LogP contribution < -0.4 is 0 Å². The normalized spacial score (nSPS) is 12.7. The minimum atomic E-state index is -0.667. The van der Waals surface area contributed by atoms with Gasteiger partial charge in [-0.15, -0.1) is 0 Å². The molecule has 0 saturated carbocycles. The molecule has 0 aromatic carbocycles. The Balaban J connectivity index is 3.81. The third-order valence-electron chi connectivity index (χ3n) is 9.05. The molecule has 1 N–H and O–H groups in total. The molecule has 0 aliphatic carbocycles. The largest absolute Gasteiger partial charge is 0.481 e. The van der Waals surface area contributed by atoms with Gasteiger partial charge in [0, 0.05) is 12.8 Å². The summed E-state index contributed by atoms with van der Waals surface area (Å²) in [5.41, 5.74) is 0. The van der Waals surface area contributed by atoms with Crippen LogP contribution in [0.4, 0.5) is 0 Å². The van der Waals surface area contributed by atoms with Crippen LogP contribution in [0.5, 0.6) is 0 Å². The Kier molecular flexibility index (Phi) is 37.6. The topological polar surface area (TPSA) is 63.6 Å². The fourth-order valence-electron chi connectivity index (χ4n) is 6.00. The van der Waals surface area contributed by atoms with Crippen molar-refractivity contribution in [3.8, 4) is 0 Å². The number of hydrogen-bond donors (Lipinski definition) is 1. The van der Waals surface area contributed by atoms with Gasteiger partial charge in [-0.25, -0.2) is 0 Å². The minimum Gasteiger partial charge on any atom is -0.481 e. The van der Waals surface area contributed by atoms with Gasteiger partial charge in [0.05, 0.1) is 0 Å². The number of esters is 1. The number of allylic oxidation sites excluding steroid dienone is 8. The summed E-state index contributed by atoms with van der Waals surface area (Å²) in [4.78, 5) is 23.1. The molecule has 0 rings (SSSR count). The zero-order chi connectivity index (χ0) is 35.0. The van der Waals surface area contributed by atoms with E-state index in [1.165, 1.54) is 122 Å². The maximum absolute atomic E-state index is 12.6. The first-order valence-electron chi connectivity index (χ1n) is 20.6. The lowest BCUT2D eigenvalue weighted by atomic mass is 10.0. The third kappa shape index (κ3) is 38.3.